The van der Waals surface area contributed by atoms with Crippen LogP contribution in [-0.2, 0) is 0 Å². The van der Waals surface area contributed by atoms with Gasteiger partial charge in [0.15, 0.2) is 0 Å². The fourth-order valence-corrected chi connectivity index (χ4v) is 3.19. The molecule has 0 aliphatic carbocycles. The largest absolute Gasteiger partial charge is 0.292 e. The van der Waals surface area contributed by atoms with Gasteiger partial charge in [0.05, 0.1) is 5.52 Å². The maximum atomic E-state index is 5.45. The predicted molar refractivity (Wildman–Crippen MR) is 85.2 cm³/mol. The van der Waals surface area contributed by atoms with Crippen molar-refractivity contribution in [2.45, 2.75) is 23.9 Å². The number of nitrogen functional groups attached to an aromatic ring is 1. The van der Waals surface area contributed by atoms with Gasteiger partial charge in [-0.1, -0.05) is 18.2 Å². The molecule has 0 unspecified atom stereocenters. The van der Waals surface area contributed by atoms with Crippen molar-refractivity contribution >= 4 is 28.6 Å². The van der Waals surface area contributed by atoms with Crippen LogP contribution in [0.3, 0.4) is 0 Å². The van der Waals surface area contributed by atoms with Gasteiger partial charge in [-0.2, -0.15) is 0 Å². The van der Waals surface area contributed by atoms with Crippen molar-refractivity contribution in [3.05, 3.63) is 47.7 Å². The number of nitrogens with one attached hydrogen (secondary N) is 1. The minimum absolute atomic E-state index is 0.403. The molecule has 106 valence electrons. The molecule has 5 nitrogen and oxygen atoms in total. The predicted octanol–water partition coefficient (Wildman–Crippen LogP) is 3.08. The van der Waals surface area contributed by atoms with E-state index in [1.807, 2.05) is 37.3 Å². The summed E-state index contributed by atoms with van der Waals surface area (Å²) >= 11 is 1.52. The van der Waals surface area contributed by atoms with Gasteiger partial charge < -0.3 is 0 Å². The van der Waals surface area contributed by atoms with Crippen LogP contribution in [0, 0.1) is 13.8 Å². The van der Waals surface area contributed by atoms with E-state index in [0.29, 0.717) is 5.95 Å². The average molecular weight is 297 g/mol. The average Bonchev–Trinajstić information content (AvgIpc) is 2.46. The summed E-state index contributed by atoms with van der Waals surface area (Å²) in [7, 11) is 0. The second-order valence-electron chi connectivity index (χ2n) is 4.74. The van der Waals surface area contributed by atoms with Crippen LogP contribution in [0.15, 0.2) is 46.5 Å². The fraction of sp³-hybridized carbons (Fsp3) is 0.133. The molecule has 6 heteroatoms. The number of fused-ring (bicyclic) bond motifs is 1. The highest BCUT2D eigenvalue weighted by molar-refractivity contribution is 7.99. The van der Waals surface area contributed by atoms with Crippen LogP contribution in [0.1, 0.15) is 11.3 Å². The molecule has 1 aromatic carbocycles. The molecule has 0 radical (unpaired) electrons. The molecule has 2 heterocycles. The van der Waals surface area contributed by atoms with E-state index in [-0.39, 0.29) is 0 Å². The van der Waals surface area contributed by atoms with Gasteiger partial charge in [0, 0.05) is 11.1 Å². The van der Waals surface area contributed by atoms with Crippen LogP contribution in [-0.4, -0.2) is 15.0 Å². The third-order valence-electron chi connectivity index (χ3n) is 2.97. The monoisotopic (exact) mass is 297 g/mol. The standard InChI is InChI=1S/C15H15N5S/c1-9-7-10(2)17-13(8-9)21-14-11-5-3-4-6-12(11)18-15(19-14)20-16/h3-8H,16H2,1-2H3,(H,18,19,20). The molecule has 0 saturated carbocycles. The summed E-state index contributed by atoms with van der Waals surface area (Å²) in [5.74, 6) is 5.85. The van der Waals surface area contributed by atoms with Gasteiger partial charge in [0.2, 0.25) is 5.95 Å². The normalized spacial score (nSPS) is 10.8. The summed E-state index contributed by atoms with van der Waals surface area (Å²) in [6.45, 7) is 4.05. The number of hydrogen-bond donors (Lipinski definition) is 2. The lowest BCUT2D eigenvalue weighted by Gasteiger charge is -2.08. The lowest BCUT2D eigenvalue weighted by atomic mass is 10.2. The van der Waals surface area contributed by atoms with Gasteiger partial charge in [-0.3, -0.25) is 5.43 Å². The Balaban J connectivity index is 2.10. The first-order chi connectivity index (χ1) is 10.2. The highest BCUT2D eigenvalue weighted by Gasteiger charge is 2.10. The maximum Gasteiger partial charge on any atom is 0.238 e. The van der Waals surface area contributed by atoms with Crippen LogP contribution in [0.4, 0.5) is 5.95 Å². The van der Waals surface area contributed by atoms with Gasteiger partial charge in [0.25, 0.3) is 0 Å². The molecule has 0 aliphatic heterocycles. The number of hydrogen-bond acceptors (Lipinski definition) is 6. The summed E-state index contributed by atoms with van der Waals surface area (Å²) in [6, 6.07) is 12.0. The summed E-state index contributed by atoms with van der Waals surface area (Å²) < 4.78 is 0. The maximum absolute atomic E-state index is 5.45. The van der Waals surface area contributed by atoms with E-state index in [9.17, 15) is 0 Å². The van der Waals surface area contributed by atoms with Crippen LogP contribution >= 0.6 is 11.8 Å². The zero-order chi connectivity index (χ0) is 14.8. The highest BCUT2D eigenvalue weighted by Crippen LogP contribution is 2.31. The van der Waals surface area contributed by atoms with E-state index in [2.05, 4.69) is 33.4 Å². The Morgan fingerprint density at radius 3 is 2.62 bits per heavy atom. The minimum Gasteiger partial charge on any atom is -0.292 e. The molecule has 0 atom stereocenters. The van der Waals surface area contributed by atoms with E-state index >= 15 is 0 Å². The summed E-state index contributed by atoms with van der Waals surface area (Å²) in [5.41, 5.74) is 5.54. The number of anilines is 1. The van der Waals surface area contributed by atoms with Crippen LogP contribution in [0.25, 0.3) is 10.9 Å². The topological polar surface area (TPSA) is 76.7 Å². The molecule has 0 fully saturated rings. The number of aryl methyl sites for hydroxylation is 2. The number of pyridine rings is 1. The summed E-state index contributed by atoms with van der Waals surface area (Å²) in [6.07, 6.45) is 0. The van der Waals surface area contributed by atoms with Crippen LogP contribution in [0.5, 0.6) is 0 Å². The molecule has 2 aromatic heterocycles. The molecule has 3 rings (SSSR count). The van der Waals surface area contributed by atoms with Gasteiger partial charge in [0.1, 0.15) is 10.1 Å². The SMILES string of the molecule is Cc1cc(C)nc(Sc2nc(NN)nc3ccccc23)c1. The molecule has 0 bridgehead atoms. The van der Waals surface area contributed by atoms with Crippen molar-refractivity contribution in [3.8, 4) is 0 Å². The summed E-state index contributed by atoms with van der Waals surface area (Å²) in [4.78, 5) is 13.3. The Morgan fingerprint density at radius 2 is 1.86 bits per heavy atom. The van der Waals surface area contributed by atoms with E-state index in [4.69, 9.17) is 5.84 Å². The van der Waals surface area contributed by atoms with Crippen LogP contribution < -0.4 is 11.3 Å². The second-order valence-corrected chi connectivity index (χ2v) is 5.75. The van der Waals surface area contributed by atoms with Crippen molar-refractivity contribution < 1.29 is 0 Å². The van der Waals surface area contributed by atoms with Gasteiger partial charge in [-0.25, -0.2) is 20.8 Å². The molecule has 0 spiro atoms. The molecule has 3 aromatic rings. The van der Waals surface area contributed by atoms with Crippen molar-refractivity contribution in [2.75, 3.05) is 5.43 Å². The zero-order valence-corrected chi connectivity index (χ0v) is 12.6. The first-order valence-electron chi connectivity index (χ1n) is 6.52. The number of nitrogens with two attached hydrogens (primary N) is 1. The smallest absolute Gasteiger partial charge is 0.238 e. The number of para-hydroxylation sites is 1. The molecular formula is C15H15N5S. The third-order valence-corrected chi connectivity index (χ3v) is 3.90. The van der Waals surface area contributed by atoms with E-state index < -0.39 is 0 Å². The lowest BCUT2D eigenvalue weighted by molar-refractivity contribution is 1.03. The highest BCUT2D eigenvalue weighted by atomic mass is 32.2. The molecule has 0 aliphatic rings. The van der Waals surface area contributed by atoms with Crippen molar-refractivity contribution in [1.82, 2.24) is 15.0 Å². The Labute approximate surface area is 127 Å². The Bertz CT molecular complexity index is 783. The number of hydrazine groups is 1. The molecule has 0 amide bonds. The summed E-state index contributed by atoms with van der Waals surface area (Å²) in [5, 5.41) is 2.74. The molecule has 3 N–H and O–H groups in total. The third kappa shape index (κ3) is 2.96. The van der Waals surface area contributed by atoms with Crippen LogP contribution in [0.2, 0.25) is 0 Å². The van der Waals surface area contributed by atoms with E-state index in [0.717, 1.165) is 26.6 Å². The van der Waals surface area contributed by atoms with Gasteiger partial charge in [-0.15, -0.1) is 0 Å². The number of aromatic nitrogens is 3. The van der Waals surface area contributed by atoms with Gasteiger partial charge in [-0.05, 0) is 49.4 Å². The number of rotatable bonds is 3. The molecular weight excluding hydrogens is 282 g/mol. The number of benzene rings is 1. The first-order valence-corrected chi connectivity index (χ1v) is 7.34. The minimum atomic E-state index is 0.403. The Kier molecular flexibility index (Phi) is 3.72. The second kappa shape index (κ2) is 5.67. The van der Waals surface area contributed by atoms with Crippen molar-refractivity contribution in [2.24, 2.45) is 5.84 Å². The van der Waals surface area contributed by atoms with E-state index in [1.165, 1.54) is 17.3 Å². The quantitative estimate of drug-likeness (QED) is 0.439. The first kappa shape index (κ1) is 13.8. The Hall–Kier alpha value is -2.18. The molecule has 0 saturated heterocycles. The van der Waals surface area contributed by atoms with Crippen molar-refractivity contribution in [3.63, 3.8) is 0 Å². The Morgan fingerprint density at radius 1 is 1.05 bits per heavy atom. The zero-order valence-electron chi connectivity index (χ0n) is 11.8. The lowest BCUT2D eigenvalue weighted by Crippen LogP contribution is -2.10. The van der Waals surface area contributed by atoms with Gasteiger partial charge >= 0.3 is 0 Å². The van der Waals surface area contributed by atoms with Crippen molar-refractivity contribution in [1.29, 1.82) is 0 Å². The number of nitrogens with zero attached hydrogens (tertiary/aromatic N) is 3. The fourth-order valence-electron chi connectivity index (χ4n) is 2.15. The molecule has 21 heavy (non-hydrogen) atoms. The van der Waals surface area contributed by atoms with E-state index in [1.54, 1.807) is 0 Å².